The van der Waals surface area contributed by atoms with Gasteiger partial charge in [-0.05, 0) is 67.7 Å². The summed E-state index contributed by atoms with van der Waals surface area (Å²) in [5.74, 6) is 0.878. The molecule has 1 saturated heterocycles. The van der Waals surface area contributed by atoms with Crippen LogP contribution >= 0.6 is 0 Å². The Labute approximate surface area is 121 Å². The van der Waals surface area contributed by atoms with Crippen LogP contribution in [-0.2, 0) is 6.42 Å². The monoisotopic (exact) mass is 268 g/mol. The molecule has 3 aliphatic rings. The molecular weight excluding hydrogens is 244 g/mol. The van der Waals surface area contributed by atoms with Crippen molar-refractivity contribution >= 4 is 5.69 Å². The number of allylic oxidation sites excluding steroid dienone is 1. The van der Waals surface area contributed by atoms with Gasteiger partial charge in [0.25, 0.3) is 0 Å². The minimum absolute atomic E-state index is 0.269. The van der Waals surface area contributed by atoms with Gasteiger partial charge in [-0.2, -0.15) is 0 Å². The molecule has 0 amide bonds. The number of aryl methyl sites for hydroxylation is 1. The van der Waals surface area contributed by atoms with Crippen LogP contribution in [0.15, 0.2) is 29.8 Å². The van der Waals surface area contributed by atoms with E-state index >= 15 is 0 Å². The number of benzene rings is 1. The topological polar surface area (TPSA) is 29.3 Å². The van der Waals surface area contributed by atoms with Gasteiger partial charge in [-0.3, -0.25) is 0 Å². The van der Waals surface area contributed by atoms with Crippen LogP contribution < -0.4 is 10.6 Å². The number of piperidine rings is 1. The van der Waals surface area contributed by atoms with Crippen LogP contribution in [0.3, 0.4) is 0 Å². The third-order valence-electron chi connectivity index (χ3n) is 5.42. The number of anilines is 1. The molecule has 1 aromatic carbocycles. The van der Waals surface area contributed by atoms with E-state index in [1.165, 1.54) is 49.0 Å². The highest BCUT2D eigenvalue weighted by atomic mass is 15.1. The smallest absolute Gasteiger partial charge is 0.0391 e. The van der Waals surface area contributed by atoms with Crippen molar-refractivity contribution in [1.29, 1.82) is 0 Å². The zero-order valence-corrected chi connectivity index (χ0v) is 12.1. The summed E-state index contributed by atoms with van der Waals surface area (Å²) in [6.45, 7) is 2.36. The summed E-state index contributed by atoms with van der Waals surface area (Å²) in [5.41, 5.74) is 12.1. The molecular formula is C18H24N2. The van der Waals surface area contributed by atoms with Crippen molar-refractivity contribution in [3.63, 3.8) is 0 Å². The molecule has 0 aromatic heterocycles. The summed E-state index contributed by atoms with van der Waals surface area (Å²) in [5, 5.41) is 0. The number of hydrogen-bond donors (Lipinski definition) is 1. The number of fused-ring (bicyclic) bond motifs is 2. The van der Waals surface area contributed by atoms with Crippen LogP contribution in [0, 0.1) is 5.92 Å². The van der Waals surface area contributed by atoms with Gasteiger partial charge in [0.05, 0.1) is 0 Å². The molecule has 2 nitrogen and oxygen atoms in total. The molecule has 1 heterocycles. The van der Waals surface area contributed by atoms with Crippen molar-refractivity contribution in [2.24, 2.45) is 11.7 Å². The SMILES string of the molecule is NC1CCc2cc(N3CCC4CCCC=C4C3)ccc21. The fourth-order valence-electron chi connectivity index (χ4n) is 4.19. The molecule has 2 unspecified atom stereocenters. The molecule has 4 rings (SSSR count). The van der Waals surface area contributed by atoms with Crippen LogP contribution in [0.25, 0.3) is 0 Å². The first-order chi connectivity index (χ1) is 9.81. The van der Waals surface area contributed by atoms with Crippen molar-refractivity contribution in [3.8, 4) is 0 Å². The molecule has 2 aliphatic carbocycles. The Hall–Kier alpha value is -1.28. The fraction of sp³-hybridized carbons (Fsp3) is 0.556. The molecule has 106 valence electrons. The summed E-state index contributed by atoms with van der Waals surface area (Å²) in [4.78, 5) is 2.57. The lowest BCUT2D eigenvalue weighted by atomic mass is 9.82. The highest BCUT2D eigenvalue weighted by molar-refractivity contribution is 5.54. The highest BCUT2D eigenvalue weighted by Crippen LogP contribution is 2.36. The number of hydrogen-bond acceptors (Lipinski definition) is 2. The second-order valence-corrected chi connectivity index (χ2v) is 6.65. The average Bonchev–Trinajstić information content (AvgIpc) is 2.88. The highest BCUT2D eigenvalue weighted by Gasteiger charge is 2.26. The molecule has 2 N–H and O–H groups in total. The van der Waals surface area contributed by atoms with E-state index in [1.807, 2.05) is 0 Å². The molecule has 1 aromatic rings. The summed E-state index contributed by atoms with van der Waals surface area (Å²) in [6.07, 6.45) is 10.2. The lowest BCUT2D eigenvalue weighted by Gasteiger charge is -2.38. The van der Waals surface area contributed by atoms with Crippen molar-refractivity contribution in [2.75, 3.05) is 18.0 Å². The second kappa shape index (κ2) is 4.92. The minimum Gasteiger partial charge on any atom is -0.367 e. The number of nitrogens with two attached hydrogens (primary N) is 1. The van der Waals surface area contributed by atoms with E-state index in [-0.39, 0.29) is 6.04 Å². The summed E-state index contributed by atoms with van der Waals surface area (Å²) in [6, 6.07) is 7.22. The third kappa shape index (κ3) is 2.07. The van der Waals surface area contributed by atoms with E-state index in [4.69, 9.17) is 5.73 Å². The Balaban J connectivity index is 1.58. The van der Waals surface area contributed by atoms with Gasteiger partial charge in [-0.15, -0.1) is 0 Å². The molecule has 20 heavy (non-hydrogen) atoms. The van der Waals surface area contributed by atoms with E-state index in [2.05, 4.69) is 29.2 Å². The predicted octanol–water partition coefficient (Wildman–Crippen LogP) is 3.57. The van der Waals surface area contributed by atoms with Crippen LogP contribution in [0.4, 0.5) is 5.69 Å². The molecule has 1 aliphatic heterocycles. The van der Waals surface area contributed by atoms with Crippen LogP contribution in [0.5, 0.6) is 0 Å². The third-order valence-corrected chi connectivity index (χ3v) is 5.42. The standard InChI is InChI=1S/C18H24N2/c19-18-8-5-14-11-16(6-7-17(14)18)20-10-9-13-3-1-2-4-15(13)12-20/h4,6-7,11,13,18H,1-3,5,8-10,12,19H2. The van der Waals surface area contributed by atoms with Crippen LogP contribution in [-0.4, -0.2) is 13.1 Å². The quantitative estimate of drug-likeness (QED) is 0.789. The van der Waals surface area contributed by atoms with E-state index < -0.39 is 0 Å². The van der Waals surface area contributed by atoms with Crippen molar-refractivity contribution in [3.05, 3.63) is 41.0 Å². The van der Waals surface area contributed by atoms with Crippen molar-refractivity contribution < 1.29 is 0 Å². The van der Waals surface area contributed by atoms with Gasteiger partial charge in [-0.1, -0.05) is 17.7 Å². The van der Waals surface area contributed by atoms with Crippen LogP contribution in [0.1, 0.15) is 49.3 Å². The van der Waals surface area contributed by atoms with Gasteiger partial charge in [0.15, 0.2) is 0 Å². The summed E-state index contributed by atoms with van der Waals surface area (Å²) in [7, 11) is 0. The van der Waals surface area contributed by atoms with E-state index in [1.54, 1.807) is 5.57 Å². The van der Waals surface area contributed by atoms with Crippen molar-refractivity contribution in [2.45, 2.75) is 44.6 Å². The molecule has 2 heteroatoms. The zero-order chi connectivity index (χ0) is 13.5. The van der Waals surface area contributed by atoms with Gasteiger partial charge < -0.3 is 10.6 Å². The Morgan fingerprint density at radius 3 is 3.05 bits per heavy atom. The fourth-order valence-corrected chi connectivity index (χ4v) is 4.19. The molecule has 0 spiro atoms. The first kappa shape index (κ1) is 12.5. The first-order valence-electron chi connectivity index (χ1n) is 8.13. The number of rotatable bonds is 1. The summed E-state index contributed by atoms with van der Waals surface area (Å²) >= 11 is 0. The Bertz CT molecular complexity index is 546. The Morgan fingerprint density at radius 1 is 1.15 bits per heavy atom. The maximum atomic E-state index is 6.14. The predicted molar refractivity (Wildman–Crippen MR) is 83.9 cm³/mol. The molecule has 1 fully saturated rings. The molecule has 0 saturated carbocycles. The van der Waals surface area contributed by atoms with Gasteiger partial charge >= 0.3 is 0 Å². The van der Waals surface area contributed by atoms with Gasteiger partial charge in [0, 0.05) is 24.8 Å². The average molecular weight is 268 g/mol. The number of nitrogens with zero attached hydrogens (tertiary/aromatic N) is 1. The van der Waals surface area contributed by atoms with E-state index in [0.717, 1.165) is 25.3 Å². The van der Waals surface area contributed by atoms with E-state index in [9.17, 15) is 0 Å². The lowest BCUT2D eigenvalue weighted by Crippen LogP contribution is -2.36. The maximum Gasteiger partial charge on any atom is 0.0391 e. The molecule has 2 atom stereocenters. The van der Waals surface area contributed by atoms with Crippen molar-refractivity contribution in [1.82, 2.24) is 0 Å². The largest absolute Gasteiger partial charge is 0.367 e. The van der Waals surface area contributed by atoms with Gasteiger partial charge in [-0.25, -0.2) is 0 Å². The van der Waals surface area contributed by atoms with Gasteiger partial charge in [0.2, 0.25) is 0 Å². The normalized spacial score (nSPS) is 28.9. The molecule has 0 radical (unpaired) electrons. The Morgan fingerprint density at radius 2 is 2.10 bits per heavy atom. The first-order valence-corrected chi connectivity index (χ1v) is 8.13. The molecule has 0 bridgehead atoms. The van der Waals surface area contributed by atoms with E-state index in [0.29, 0.717) is 0 Å². The van der Waals surface area contributed by atoms with Gasteiger partial charge in [0.1, 0.15) is 0 Å². The minimum atomic E-state index is 0.269. The zero-order valence-electron chi connectivity index (χ0n) is 12.1. The lowest BCUT2D eigenvalue weighted by molar-refractivity contribution is 0.438. The Kier molecular flexibility index (Phi) is 3.07. The van der Waals surface area contributed by atoms with Crippen LogP contribution in [0.2, 0.25) is 0 Å². The second-order valence-electron chi connectivity index (χ2n) is 6.65. The summed E-state index contributed by atoms with van der Waals surface area (Å²) < 4.78 is 0. The maximum absolute atomic E-state index is 6.14.